The topological polar surface area (TPSA) is 104 Å². The lowest BCUT2D eigenvalue weighted by Crippen LogP contribution is -2.18. The van der Waals surface area contributed by atoms with Crippen molar-refractivity contribution in [3.63, 3.8) is 0 Å². The van der Waals surface area contributed by atoms with Gasteiger partial charge in [0.05, 0.1) is 10.5 Å². The third-order valence-corrected chi connectivity index (χ3v) is 4.87. The van der Waals surface area contributed by atoms with Gasteiger partial charge in [0, 0.05) is 5.56 Å². The van der Waals surface area contributed by atoms with E-state index in [9.17, 15) is 22.4 Å². The molecule has 0 aromatic heterocycles. The van der Waals surface area contributed by atoms with E-state index in [1.807, 2.05) is 19.9 Å². The van der Waals surface area contributed by atoms with Crippen molar-refractivity contribution in [1.82, 2.24) is 0 Å². The summed E-state index contributed by atoms with van der Waals surface area (Å²) in [7, 11) is -4.11. The molecule has 0 bridgehead atoms. The lowest BCUT2D eigenvalue weighted by Gasteiger charge is -2.10. The first-order chi connectivity index (χ1) is 12.0. The minimum atomic E-state index is -4.11. The van der Waals surface area contributed by atoms with Crippen LogP contribution in [0.4, 0.5) is 4.39 Å². The summed E-state index contributed by atoms with van der Waals surface area (Å²) in [6.07, 6.45) is 0. The lowest BCUT2D eigenvalue weighted by atomic mass is 9.98. The van der Waals surface area contributed by atoms with Crippen LogP contribution in [0.3, 0.4) is 0 Å². The number of carbonyl (C=O) groups is 2. The van der Waals surface area contributed by atoms with E-state index in [2.05, 4.69) is 0 Å². The number of halogens is 1. The Balaban J connectivity index is 2.19. The Hall–Kier alpha value is -2.58. The summed E-state index contributed by atoms with van der Waals surface area (Å²) in [6, 6.07) is 6.05. The molecule has 6 nitrogen and oxygen atoms in total. The highest BCUT2D eigenvalue weighted by Crippen LogP contribution is 2.18. The van der Waals surface area contributed by atoms with Gasteiger partial charge in [-0.15, -0.1) is 0 Å². The van der Waals surface area contributed by atoms with Crippen LogP contribution in [0.1, 0.15) is 37.4 Å². The van der Waals surface area contributed by atoms with Crippen LogP contribution in [0, 0.1) is 26.6 Å². The van der Waals surface area contributed by atoms with E-state index >= 15 is 0 Å². The summed E-state index contributed by atoms with van der Waals surface area (Å²) in [4.78, 5) is 23.9. The van der Waals surface area contributed by atoms with Crippen molar-refractivity contribution in [2.24, 2.45) is 5.14 Å². The highest BCUT2D eigenvalue weighted by molar-refractivity contribution is 7.89. The zero-order valence-electron chi connectivity index (χ0n) is 14.5. The van der Waals surface area contributed by atoms with Crippen molar-refractivity contribution in [2.75, 3.05) is 6.61 Å². The van der Waals surface area contributed by atoms with Gasteiger partial charge >= 0.3 is 5.97 Å². The summed E-state index contributed by atoms with van der Waals surface area (Å²) < 4.78 is 41.3. The molecule has 0 aliphatic carbocycles. The van der Waals surface area contributed by atoms with Gasteiger partial charge in [-0.1, -0.05) is 6.07 Å². The number of Topliss-reactive ketones (excluding diaryl/α,β-unsaturated/α-hetero) is 1. The molecule has 0 aliphatic heterocycles. The maximum atomic E-state index is 13.8. The van der Waals surface area contributed by atoms with E-state index in [1.165, 1.54) is 0 Å². The second-order valence-corrected chi connectivity index (χ2v) is 7.50. The standard InChI is InChI=1S/C18H18FNO5S/c1-10-6-12(3)14(7-11(10)2)17(21)9-25-18(22)15-8-13(26(20,23)24)4-5-16(15)19/h4-8H,9H2,1-3H3,(H2,20,23,24). The molecule has 0 saturated heterocycles. The number of carbonyl (C=O) groups excluding carboxylic acids is 2. The largest absolute Gasteiger partial charge is 0.454 e. The van der Waals surface area contributed by atoms with Crippen LogP contribution in [0.2, 0.25) is 0 Å². The molecule has 8 heteroatoms. The monoisotopic (exact) mass is 379 g/mol. The summed E-state index contributed by atoms with van der Waals surface area (Å²) in [5.74, 6) is -2.57. The van der Waals surface area contributed by atoms with E-state index in [-0.39, 0.29) is 0 Å². The van der Waals surface area contributed by atoms with Crippen molar-refractivity contribution in [2.45, 2.75) is 25.7 Å². The molecule has 0 atom stereocenters. The molecule has 0 heterocycles. The second kappa shape index (κ2) is 7.35. The average molecular weight is 379 g/mol. The number of benzene rings is 2. The molecule has 2 aromatic carbocycles. The van der Waals surface area contributed by atoms with E-state index in [1.54, 1.807) is 13.0 Å². The van der Waals surface area contributed by atoms with Crippen LogP contribution < -0.4 is 5.14 Å². The average Bonchev–Trinajstić information content (AvgIpc) is 2.55. The Morgan fingerprint density at radius 2 is 1.62 bits per heavy atom. The van der Waals surface area contributed by atoms with Crippen LogP contribution in [-0.4, -0.2) is 26.8 Å². The summed E-state index contributed by atoms with van der Waals surface area (Å²) in [5.41, 5.74) is 2.47. The molecule has 0 fully saturated rings. The number of ether oxygens (including phenoxy) is 1. The van der Waals surface area contributed by atoms with Gasteiger partial charge in [-0.05, 0) is 61.7 Å². The van der Waals surface area contributed by atoms with Crippen LogP contribution >= 0.6 is 0 Å². The Kier molecular flexibility index (Phi) is 5.58. The molecule has 26 heavy (non-hydrogen) atoms. The first-order valence-electron chi connectivity index (χ1n) is 7.61. The SMILES string of the molecule is Cc1cc(C)c(C(=O)COC(=O)c2cc(S(N)(=O)=O)ccc2F)cc1C. The minimum absolute atomic E-state index is 0.402. The highest BCUT2D eigenvalue weighted by atomic mass is 32.2. The minimum Gasteiger partial charge on any atom is -0.454 e. The molecule has 0 aliphatic rings. The van der Waals surface area contributed by atoms with Gasteiger partial charge in [0.1, 0.15) is 5.82 Å². The van der Waals surface area contributed by atoms with E-state index < -0.39 is 44.7 Å². The molecule has 2 rings (SSSR count). The normalized spacial score (nSPS) is 11.3. The molecule has 0 saturated carbocycles. The number of nitrogens with two attached hydrogens (primary N) is 1. The lowest BCUT2D eigenvalue weighted by molar-refractivity contribution is 0.0469. The molecule has 2 aromatic rings. The number of ketones is 1. The molecule has 0 amide bonds. The summed E-state index contributed by atoms with van der Waals surface area (Å²) >= 11 is 0. The Morgan fingerprint density at radius 3 is 2.23 bits per heavy atom. The fourth-order valence-corrected chi connectivity index (χ4v) is 2.93. The fraction of sp³-hybridized carbons (Fsp3) is 0.222. The van der Waals surface area contributed by atoms with E-state index in [4.69, 9.17) is 9.88 Å². The molecule has 0 spiro atoms. The quantitative estimate of drug-likeness (QED) is 0.635. The van der Waals surface area contributed by atoms with Gasteiger partial charge in [-0.2, -0.15) is 0 Å². The van der Waals surface area contributed by atoms with Gasteiger partial charge in [-0.25, -0.2) is 22.7 Å². The third-order valence-electron chi connectivity index (χ3n) is 3.96. The Morgan fingerprint density at radius 1 is 1.00 bits per heavy atom. The van der Waals surface area contributed by atoms with Crippen LogP contribution in [0.5, 0.6) is 0 Å². The maximum absolute atomic E-state index is 13.8. The van der Waals surface area contributed by atoms with Crippen molar-refractivity contribution in [3.05, 3.63) is 64.0 Å². The van der Waals surface area contributed by atoms with Gasteiger partial charge in [-0.3, -0.25) is 4.79 Å². The number of hydrogen-bond donors (Lipinski definition) is 1. The van der Waals surface area contributed by atoms with Crippen LogP contribution in [-0.2, 0) is 14.8 Å². The Labute approximate surface area is 150 Å². The Bertz CT molecular complexity index is 999. The molecule has 0 unspecified atom stereocenters. The highest BCUT2D eigenvalue weighted by Gasteiger charge is 2.20. The number of hydrogen-bond acceptors (Lipinski definition) is 5. The zero-order chi connectivity index (χ0) is 19.6. The predicted octanol–water partition coefficient (Wildman–Crippen LogP) is 2.44. The number of aryl methyl sites for hydroxylation is 3. The summed E-state index contributed by atoms with van der Waals surface area (Å²) in [5, 5.41) is 4.96. The van der Waals surface area contributed by atoms with Crippen molar-refractivity contribution in [3.8, 4) is 0 Å². The van der Waals surface area contributed by atoms with Gasteiger partial charge < -0.3 is 4.74 Å². The van der Waals surface area contributed by atoms with Crippen molar-refractivity contribution in [1.29, 1.82) is 0 Å². The van der Waals surface area contributed by atoms with Crippen LogP contribution in [0.25, 0.3) is 0 Å². The first-order valence-corrected chi connectivity index (χ1v) is 9.16. The summed E-state index contributed by atoms with van der Waals surface area (Å²) in [6.45, 7) is 4.93. The molecule has 2 N–H and O–H groups in total. The number of rotatable bonds is 5. The van der Waals surface area contributed by atoms with Crippen molar-refractivity contribution >= 4 is 21.8 Å². The molecular weight excluding hydrogens is 361 g/mol. The van der Waals surface area contributed by atoms with Gasteiger partial charge in [0.2, 0.25) is 15.8 Å². The molecular formula is C18H18FNO5S. The first kappa shape index (κ1) is 19.7. The number of esters is 1. The number of primary sulfonamides is 1. The van der Waals surface area contributed by atoms with Gasteiger partial charge in [0.15, 0.2) is 6.61 Å². The smallest absolute Gasteiger partial charge is 0.341 e. The molecule has 138 valence electrons. The third kappa shape index (κ3) is 4.33. The second-order valence-electron chi connectivity index (χ2n) is 5.94. The van der Waals surface area contributed by atoms with Gasteiger partial charge in [0.25, 0.3) is 0 Å². The molecule has 0 radical (unpaired) electrons. The number of sulfonamides is 1. The van der Waals surface area contributed by atoms with E-state index in [0.29, 0.717) is 5.56 Å². The van der Waals surface area contributed by atoms with Crippen LogP contribution in [0.15, 0.2) is 35.2 Å². The predicted molar refractivity (Wildman–Crippen MR) is 93.0 cm³/mol. The zero-order valence-corrected chi connectivity index (χ0v) is 15.3. The maximum Gasteiger partial charge on any atom is 0.341 e. The van der Waals surface area contributed by atoms with E-state index in [0.717, 1.165) is 34.9 Å². The van der Waals surface area contributed by atoms with Crippen molar-refractivity contribution < 1.29 is 27.1 Å². The fourth-order valence-electron chi connectivity index (χ4n) is 2.39.